The van der Waals surface area contributed by atoms with Gasteiger partial charge >= 0.3 is 0 Å². The minimum absolute atomic E-state index is 0.156. The fraction of sp³-hybridized carbons (Fsp3) is 0. The van der Waals surface area contributed by atoms with E-state index >= 15 is 0 Å². The largest absolute Gasteiger partial charge is 0.382 e. The Morgan fingerprint density at radius 1 is 1.12 bits per heavy atom. The summed E-state index contributed by atoms with van der Waals surface area (Å²) in [5, 5.41) is 22.8. The third-order valence-electron chi connectivity index (χ3n) is 3.36. The molecule has 4 N–H and O–H groups in total. The monoisotopic (exact) mass is 346 g/mol. The topological polar surface area (TPSA) is 111 Å². The van der Waals surface area contributed by atoms with E-state index in [1.165, 1.54) is 0 Å². The van der Waals surface area contributed by atoms with E-state index in [0.29, 0.717) is 5.69 Å². The smallest absolute Gasteiger partial charge is 0.201 e. The first-order valence-corrected chi connectivity index (χ1v) is 8.25. The van der Waals surface area contributed by atoms with Gasteiger partial charge in [-0.3, -0.25) is 10.8 Å². The number of hydrazone groups is 1. The minimum atomic E-state index is -0.373. The quantitative estimate of drug-likeness (QED) is 0.371. The molecule has 122 valence electrons. The molecule has 0 saturated heterocycles. The van der Waals surface area contributed by atoms with Crippen LogP contribution in [-0.2, 0) is 0 Å². The van der Waals surface area contributed by atoms with Crippen molar-refractivity contribution in [2.45, 2.75) is 0 Å². The number of nitrogens with one attached hydrogen (secondary N) is 2. The van der Waals surface area contributed by atoms with Crippen molar-refractivity contribution in [3.05, 3.63) is 60.0 Å². The maximum atomic E-state index is 8.81. The molecule has 6 nitrogen and oxygen atoms in total. The zero-order chi connectivity index (χ0) is 17.6. The van der Waals surface area contributed by atoms with Crippen LogP contribution in [0.5, 0.6) is 0 Å². The average molecular weight is 346 g/mol. The van der Waals surface area contributed by atoms with E-state index in [4.69, 9.17) is 16.4 Å². The molecule has 0 amide bonds. The summed E-state index contributed by atoms with van der Waals surface area (Å²) in [4.78, 5) is 4.67. The number of nitriles is 1. The SMILES string of the molecule is N#C/C(=N\Nc1ccc(-c2csc(-c3ccccc3)n2)cc1)C(=N)N. The van der Waals surface area contributed by atoms with E-state index in [1.807, 2.05) is 60.0 Å². The van der Waals surface area contributed by atoms with Crippen LogP contribution < -0.4 is 11.2 Å². The average Bonchev–Trinajstić information content (AvgIpc) is 3.13. The van der Waals surface area contributed by atoms with Crippen LogP contribution in [0.2, 0.25) is 0 Å². The number of hydrogen-bond acceptors (Lipinski definition) is 6. The van der Waals surface area contributed by atoms with Crippen LogP contribution in [0.15, 0.2) is 65.1 Å². The summed E-state index contributed by atoms with van der Waals surface area (Å²) in [5.41, 5.74) is 11.5. The molecule has 2 aromatic carbocycles. The van der Waals surface area contributed by atoms with Gasteiger partial charge < -0.3 is 5.73 Å². The molecule has 3 aromatic rings. The normalized spacial score (nSPS) is 10.9. The van der Waals surface area contributed by atoms with Crippen molar-refractivity contribution < 1.29 is 0 Å². The highest BCUT2D eigenvalue weighted by Crippen LogP contribution is 2.29. The Morgan fingerprint density at radius 3 is 2.48 bits per heavy atom. The van der Waals surface area contributed by atoms with Crippen molar-refractivity contribution in [2.24, 2.45) is 10.8 Å². The number of thiazole rings is 1. The number of nitrogens with zero attached hydrogens (tertiary/aromatic N) is 3. The highest BCUT2D eigenvalue weighted by Gasteiger charge is 2.06. The standard InChI is InChI=1S/C18H14N6S/c19-10-15(17(20)21)24-23-14-8-6-12(7-9-14)16-11-25-18(22-16)13-4-2-1-3-5-13/h1-9,11,23H,(H3,20,21)/b24-15+. The molecule has 0 atom stereocenters. The second-order valence-electron chi connectivity index (χ2n) is 5.08. The van der Waals surface area contributed by atoms with Crippen LogP contribution in [0, 0.1) is 16.7 Å². The first kappa shape index (κ1) is 16.4. The summed E-state index contributed by atoms with van der Waals surface area (Å²) < 4.78 is 0. The van der Waals surface area contributed by atoms with Gasteiger partial charge in [-0.2, -0.15) is 10.4 Å². The van der Waals surface area contributed by atoms with Crippen LogP contribution >= 0.6 is 11.3 Å². The molecule has 0 bridgehead atoms. The molecule has 0 fully saturated rings. The van der Waals surface area contributed by atoms with E-state index in [1.54, 1.807) is 17.4 Å². The minimum Gasteiger partial charge on any atom is -0.382 e. The van der Waals surface area contributed by atoms with Gasteiger partial charge in [0.15, 0.2) is 5.84 Å². The summed E-state index contributed by atoms with van der Waals surface area (Å²) in [6, 6.07) is 19.3. The Morgan fingerprint density at radius 2 is 1.84 bits per heavy atom. The van der Waals surface area contributed by atoms with Crippen molar-refractivity contribution in [3.8, 4) is 27.9 Å². The van der Waals surface area contributed by atoms with Gasteiger partial charge in [-0.05, 0) is 12.1 Å². The zero-order valence-corrected chi connectivity index (χ0v) is 13.9. The highest BCUT2D eigenvalue weighted by atomic mass is 32.1. The van der Waals surface area contributed by atoms with Crippen molar-refractivity contribution >= 4 is 28.6 Å². The van der Waals surface area contributed by atoms with Gasteiger partial charge in [-0.1, -0.05) is 42.5 Å². The van der Waals surface area contributed by atoms with Gasteiger partial charge in [0.25, 0.3) is 0 Å². The summed E-state index contributed by atoms with van der Waals surface area (Å²) in [7, 11) is 0. The van der Waals surface area contributed by atoms with Crippen molar-refractivity contribution in [3.63, 3.8) is 0 Å². The first-order valence-electron chi connectivity index (χ1n) is 7.37. The Bertz CT molecular complexity index is 951. The molecule has 0 aliphatic rings. The fourth-order valence-electron chi connectivity index (χ4n) is 2.10. The third-order valence-corrected chi connectivity index (χ3v) is 4.25. The van der Waals surface area contributed by atoms with Gasteiger partial charge in [-0.15, -0.1) is 11.3 Å². The summed E-state index contributed by atoms with van der Waals surface area (Å²) in [6.07, 6.45) is 0. The highest BCUT2D eigenvalue weighted by molar-refractivity contribution is 7.13. The molecule has 0 aliphatic carbocycles. The van der Waals surface area contributed by atoms with Crippen molar-refractivity contribution in [1.29, 1.82) is 10.7 Å². The molecule has 7 heteroatoms. The Hall–Kier alpha value is -3.50. The molecule has 0 radical (unpaired) electrons. The van der Waals surface area contributed by atoms with Crippen molar-refractivity contribution in [2.75, 3.05) is 5.43 Å². The predicted octanol–water partition coefficient (Wildman–Crippen LogP) is 3.70. The Labute approximate surface area is 148 Å². The second-order valence-corrected chi connectivity index (χ2v) is 5.94. The van der Waals surface area contributed by atoms with Crippen LogP contribution in [0.1, 0.15) is 0 Å². The number of amidine groups is 1. The lowest BCUT2D eigenvalue weighted by Crippen LogP contribution is -2.21. The predicted molar refractivity (Wildman–Crippen MR) is 102 cm³/mol. The van der Waals surface area contributed by atoms with Crippen LogP contribution in [-0.4, -0.2) is 16.5 Å². The first-order chi connectivity index (χ1) is 12.2. The van der Waals surface area contributed by atoms with Crippen molar-refractivity contribution in [1.82, 2.24) is 4.98 Å². The van der Waals surface area contributed by atoms with Gasteiger partial charge in [0.1, 0.15) is 11.1 Å². The third kappa shape index (κ3) is 3.88. The Balaban J connectivity index is 1.76. The Kier molecular flexibility index (Phi) is 4.83. The maximum Gasteiger partial charge on any atom is 0.201 e. The van der Waals surface area contributed by atoms with E-state index in [-0.39, 0.29) is 11.5 Å². The van der Waals surface area contributed by atoms with Gasteiger partial charge in [0.05, 0.1) is 11.4 Å². The number of hydrogen-bond donors (Lipinski definition) is 3. The number of nitrogens with two attached hydrogens (primary N) is 1. The van der Waals surface area contributed by atoms with Gasteiger partial charge in [0, 0.05) is 16.5 Å². The molecular formula is C18H14N6S. The number of aromatic nitrogens is 1. The summed E-state index contributed by atoms with van der Waals surface area (Å²) in [5.74, 6) is -0.373. The maximum absolute atomic E-state index is 8.81. The van der Waals surface area contributed by atoms with Gasteiger partial charge in [-0.25, -0.2) is 4.98 Å². The van der Waals surface area contributed by atoms with Crippen LogP contribution in [0.4, 0.5) is 5.69 Å². The molecule has 0 unspecified atom stereocenters. The lowest BCUT2D eigenvalue weighted by molar-refractivity contribution is 1.33. The van der Waals surface area contributed by atoms with E-state index in [9.17, 15) is 0 Å². The van der Waals surface area contributed by atoms with Crippen LogP contribution in [0.25, 0.3) is 21.8 Å². The molecule has 1 aromatic heterocycles. The molecule has 0 spiro atoms. The molecular weight excluding hydrogens is 332 g/mol. The number of benzene rings is 2. The summed E-state index contributed by atoms with van der Waals surface area (Å²) >= 11 is 1.60. The number of rotatable bonds is 5. The van der Waals surface area contributed by atoms with Crippen LogP contribution in [0.3, 0.4) is 0 Å². The van der Waals surface area contributed by atoms with E-state index < -0.39 is 0 Å². The lowest BCUT2D eigenvalue weighted by atomic mass is 10.1. The molecule has 25 heavy (non-hydrogen) atoms. The molecule has 0 saturated carbocycles. The second kappa shape index (κ2) is 7.38. The molecule has 1 heterocycles. The lowest BCUT2D eigenvalue weighted by Gasteiger charge is -2.02. The van der Waals surface area contributed by atoms with E-state index in [2.05, 4.69) is 15.5 Å². The molecule has 0 aliphatic heterocycles. The van der Waals surface area contributed by atoms with Gasteiger partial charge in [0.2, 0.25) is 5.71 Å². The number of anilines is 1. The molecule has 3 rings (SSSR count). The zero-order valence-electron chi connectivity index (χ0n) is 13.1. The van der Waals surface area contributed by atoms with E-state index in [0.717, 1.165) is 21.8 Å². The fourth-order valence-corrected chi connectivity index (χ4v) is 2.94. The summed E-state index contributed by atoms with van der Waals surface area (Å²) in [6.45, 7) is 0.